The van der Waals surface area contributed by atoms with Crippen LogP contribution in [0.15, 0.2) is 30.0 Å². The van der Waals surface area contributed by atoms with Gasteiger partial charge < -0.3 is 15.0 Å². The third-order valence-electron chi connectivity index (χ3n) is 2.90. The Balaban J connectivity index is 2.07. The Hall–Kier alpha value is -2.10. The van der Waals surface area contributed by atoms with Gasteiger partial charge in [0.25, 0.3) is 5.91 Å². The molecule has 0 aliphatic carbocycles. The summed E-state index contributed by atoms with van der Waals surface area (Å²) in [5.41, 5.74) is 0.298. The van der Waals surface area contributed by atoms with Crippen molar-refractivity contribution in [1.82, 2.24) is 4.90 Å². The van der Waals surface area contributed by atoms with Crippen LogP contribution in [-0.4, -0.2) is 37.1 Å². The molecule has 2 rings (SSSR count). The lowest BCUT2D eigenvalue weighted by molar-refractivity contribution is -0.112. The number of anilines is 1. The average Bonchev–Trinajstić information content (AvgIpc) is 2.49. The van der Waals surface area contributed by atoms with Crippen molar-refractivity contribution in [3.05, 3.63) is 40.8 Å². The van der Waals surface area contributed by atoms with Crippen molar-refractivity contribution >= 4 is 23.2 Å². The van der Waals surface area contributed by atoms with Crippen molar-refractivity contribution in [2.45, 2.75) is 0 Å². The van der Waals surface area contributed by atoms with E-state index in [1.165, 1.54) is 18.3 Å². The second-order valence-electron chi connectivity index (χ2n) is 4.39. The Morgan fingerprint density at radius 2 is 2.19 bits per heavy atom. The summed E-state index contributed by atoms with van der Waals surface area (Å²) in [4.78, 5) is 13.9. The summed E-state index contributed by atoms with van der Waals surface area (Å²) in [5.74, 6) is -1.13. The molecule has 0 aromatic heterocycles. The van der Waals surface area contributed by atoms with Crippen LogP contribution < -0.4 is 5.32 Å². The van der Waals surface area contributed by atoms with Crippen LogP contribution in [0.1, 0.15) is 0 Å². The highest BCUT2D eigenvalue weighted by Crippen LogP contribution is 2.19. The molecule has 0 spiro atoms. The van der Waals surface area contributed by atoms with Gasteiger partial charge >= 0.3 is 0 Å². The second kappa shape index (κ2) is 7.07. The van der Waals surface area contributed by atoms with Crippen molar-refractivity contribution in [2.75, 3.05) is 31.6 Å². The van der Waals surface area contributed by atoms with Crippen LogP contribution in [0.5, 0.6) is 0 Å². The summed E-state index contributed by atoms with van der Waals surface area (Å²) in [5, 5.41) is 11.5. The Labute approximate surface area is 126 Å². The predicted octanol–water partition coefficient (Wildman–Crippen LogP) is 2.16. The number of rotatable bonds is 3. The molecule has 7 heteroatoms. The number of morpholine rings is 1. The van der Waals surface area contributed by atoms with Gasteiger partial charge in [-0.25, -0.2) is 4.39 Å². The fraction of sp³-hybridized carbons (Fsp3) is 0.286. The summed E-state index contributed by atoms with van der Waals surface area (Å²) >= 11 is 5.64. The zero-order valence-corrected chi connectivity index (χ0v) is 11.9. The quantitative estimate of drug-likeness (QED) is 0.686. The maximum atomic E-state index is 13.0. The third-order valence-corrected chi connectivity index (χ3v) is 3.19. The molecule has 1 amide bonds. The van der Waals surface area contributed by atoms with E-state index in [-0.39, 0.29) is 10.6 Å². The number of benzene rings is 1. The first-order valence-corrected chi connectivity index (χ1v) is 6.68. The maximum Gasteiger partial charge on any atom is 0.267 e. The molecule has 1 N–H and O–H groups in total. The van der Waals surface area contributed by atoms with Gasteiger partial charge in [0.15, 0.2) is 0 Å². The second-order valence-corrected chi connectivity index (χ2v) is 4.79. The summed E-state index contributed by atoms with van der Waals surface area (Å²) in [6.07, 6.45) is 1.50. The number of halogens is 2. The SMILES string of the molecule is N#CC(=CN1CCOCC1)C(=O)Nc1ccc(F)c(Cl)c1. The van der Waals surface area contributed by atoms with Gasteiger partial charge in [-0.2, -0.15) is 5.26 Å². The van der Waals surface area contributed by atoms with Gasteiger partial charge in [0.05, 0.1) is 18.2 Å². The van der Waals surface area contributed by atoms with Crippen LogP contribution in [0.4, 0.5) is 10.1 Å². The maximum absolute atomic E-state index is 13.0. The summed E-state index contributed by atoms with van der Waals surface area (Å²) in [7, 11) is 0. The van der Waals surface area contributed by atoms with Gasteiger partial charge in [0.2, 0.25) is 0 Å². The molecular formula is C14H13ClFN3O2. The first-order chi connectivity index (χ1) is 10.1. The molecule has 0 saturated carbocycles. The largest absolute Gasteiger partial charge is 0.378 e. The number of hydrogen-bond acceptors (Lipinski definition) is 4. The molecule has 110 valence electrons. The fourth-order valence-electron chi connectivity index (χ4n) is 1.80. The van der Waals surface area contributed by atoms with E-state index in [1.54, 1.807) is 0 Å². The van der Waals surface area contributed by atoms with Crippen molar-refractivity contribution in [2.24, 2.45) is 0 Å². The average molecular weight is 310 g/mol. The number of carbonyl (C=O) groups excluding carboxylic acids is 1. The molecule has 1 aromatic rings. The summed E-state index contributed by atoms with van der Waals surface area (Å²) in [6.45, 7) is 2.37. The molecule has 5 nitrogen and oxygen atoms in total. The fourth-order valence-corrected chi connectivity index (χ4v) is 1.98. The highest BCUT2D eigenvalue weighted by atomic mass is 35.5. The van der Waals surface area contributed by atoms with Crippen LogP contribution in [0, 0.1) is 17.1 Å². The Bertz CT molecular complexity index is 607. The minimum atomic E-state index is -0.570. The van der Waals surface area contributed by atoms with Gasteiger partial charge in [0.1, 0.15) is 17.5 Å². The molecule has 0 bridgehead atoms. The monoisotopic (exact) mass is 309 g/mol. The predicted molar refractivity (Wildman–Crippen MR) is 76.1 cm³/mol. The first-order valence-electron chi connectivity index (χ1n) is 6.30. The lowest BCUT2D eigenvalue weighted by Crippen LogP contribution is -2.33. The summed E-state index contributed by atoms with van der Waals surface area (Å²) < 4.78 is 18.2. The molecule has 1 aliphatic rings. The zero-order valence-electron chi connectivity index (χ0n) is 11.1. The lowest BCUT2D eigenvalue weighted by Gasteiger charge is -2.25. The van der Waals surface area contributed by atoms with Crippen molar-refractivity contribution in [3.63, 3.8) is 0 Å². The molecule has 1 aliphatic heterocycles. The third kappa shape index (κ3) is 4.18. The number of hydrogen-bond donors (Lipinski definition) is 1. The molecule has 0 radical (unpaired) electrons. The summed E-state index contributed by atoms with van der Waals surface area (Å²) in [6, 6.07) is 5.67. The van der Waals surface area contributed by atoms with Crippen LogP contribution in [0.25, 0.3) is 0 Å². The molecule has 1 heterocycles. The van der Waals surface area contributed by atoms with E-state index in [0.29, 0.717) is 32.0 Å². The molecule has 21 heavy (non-hydrogen) atoms. The number of ether oxygens (including phenoxy) is 1. The van der Waals surface area contributed by atoms with Gasteiger partial charge in [-0.1, -0.05) is 11.6 Å². The van der Waals surface area contributed by atoms with E-state index in [1.807, 2.05) is 11.0 Å². The molecule has 0 atom stereocenters. The van der Waals surface area contributed by atoms with Gasteiger partial charge in [-0.05, 0) is 18.2 Å². The number of amides is 1. The minimum Gasteiger partial charge on any atom is -0.378 e. The normalized spacial score (nSPS) is 15.5. The molecule has 1 fully saturated rings. The zero-order chi connectivity index (χ0) is 15.2. The molecule has 1 saturated heterocycles. The van der Waals surface area contributed by atoms with Crippen LogP contribution in [-0.2, 0) is 9.53 Å². The molecule has 0 unspecified atom stereocenters. The van der Waals surface area contributed by atoms with E-state index in [9.17, 15) is 9.18 Å². The lowest BCUT2D eigenvalue weighted by atomic mass is 10.2. The standard InChI is InChI=1S/C14H13ClFN3O2/c15-12-7-11(1-2-13(12)16)18-14(20)10(8-17)9-19-3-5-21-6-4-19/h1-2,7,9H,3-6H2,(H,18,20). The topological polar surface area (TPSA) is 65.4 Å². The van der Waals surface area contributed by atoms with Gasteiger partial charge in [-0.15, -0.1) is 0 Å². The van der Waals surface area contributed by atoms with Crippen molar-refractivity contribution in [1.29, 1.82) is 5.26 Å². The molecule has 1 aromatic carbocycles. The van der Waals surface area contributed by atoms with E-state index < -0.39 is 11.7 Å². The van der Waals surface area contributed by atoms with Crippen molar-refractivity contribution in [3.8, 4) is 6.07 Å². The van der Waals surface area contributed by atoms with Gasteiger partial charge in [0, 0.05) is 25.0 Å². The van der Waals surface area contributed by atoms with E-state index >= 15 is 0 Å². The van der Waals surface area contributed by atoms with E-state index in [2.05, 4.69) is 5.32 Å². The minimum absolute atomic E-state index is 0.0302. The Kier molecular flexibility index (Phi) is 5.14. The van der Waals surface area contributed by atoms with Crippen LogP contribution in [0.2, 0.25) is 5.02 Å². The van der Waals surface area contributed by atoms with Crippen molar-refractivity contribution < 1.29 is 13.9 Å². The van der Waals surface area contributed by atoms with E-state index in [0.717, 1.165) is 6.07 Å². The first kappa shape index (κ1) is 15.3. The number of nitriles is 1. The van der Waals surface area contributed by atoms with E-state index in [4.69, 9.17) is 21.6 Å². The van der Waals surface area contributed by atoms with Crippen LogP contribution in [0.3, 0.4) is 0 Å². The highest BCUT2D eigenvalue weighted by molar-refractivity contribution is 6.31. The highest BCUT2D eigenvalue weighted by Gasteiger charge is 2.14. The van der Waals surface area contributed by atoms with Crippen LogP contribution >= 0.6 is 11.6 Å². The van der Waals surface area contributed by atoms with Gasteiger partial charge in [-0.3, -0.25) is 4.79 Å². The number of nitrogens with zero attached hydrogens (tertiary/aromatic N) is 2. The Morgan fingerprint density at radius 1 is 1.48 bits per heavy atom. The smallest absolute Gasteiger partial charge is 0.267 e. The molecular weight excluding hydrogens is 297 g/mol. The number of carbonyl (C=O) groups is 1. The Morgan fingerprint density at radius 3 is 2.81 bits per heavy atom. The number of nitrogens with one attached hydrogen (secondary N) is 1.